The minimum atomic E-state index is -0.473. The van der Waals surface area contributed by atoms with Crippen LogP contribution in [0.25, 0.3) is 0 Å². The Balaban J connectivity index is 2.02. The second-order valence-corrected chi connectivity index (χ2v) is 7.76. The van der Waals surface area contributed by atoms with Crippen molar-refractivity contribution in [2.45, 2.75) is 110 Å². The summed E-state index contributed by atoms with van der Waals surface area (Å²) < 4.78 is 5.02. The molecule has 0 aliphatic carbocycles. The van der Waals surface area contributed by atoms with Crippen molar-refractivity contribution in [1.29, 1.82) is 0 Å². The van der Waals surface area contributed by atoms with E-state index in [2.05, 4.69) is 13.8 Å². The van der Waals surface area contributed by atoms with Crippen molar-refractivity contribution >= 4 is 11.8 Å². The highest BCUT2D eigenvalue weighted by Crippen LogP contribution is 2.24. The Bertz CT molecular complexity index is 348. The van der Waals surface area contributed by atoms with E-state index < -0.39 is 5.92 Å². The number of Topliss-reactive ketones (excluding diaryl/α,β-unsaturated/α-hetero) is 1. The van der Waals surface area contributed by atoms with E-state index in [0.717, 1.165) is 18.8 Å². The molecule has 3 nitrogen and oxygen atoms in total. The number of carbonyl (C=O) groups excluding carboxylic acids is 2. The van der Waals surface area contributed by atoms with Gasteiger partial charge in [-0.1, -0.05) is 97.3 Å². The van der Waals surface area contributed by atoms with Crippen molar-refractivity contribution in [3.63, 3.8) is 0 Å². The fourth-order valence-corrected chi connectivity index (χ4v) is 3.84. The van der Waals surface area contributed by atoms with Crippen LogP contribution in [0.3, 0.4) is 0 Å². The molecule has 146 valence electrons. The molecule has 1 aliphatic rings. The molecule has 1 aliphatic heterocycles. The van der Waals surface area contributed by atoms with Crippen LogP contribution in [0.4, 0.5) is 0 Å². The Morgan fingerprint density at radius 2 is 1.48 bits per heavy atom. The molecule has 0 amide bonds. The smallest absolute Gasteiger partial charge is 0.316 e. The number of ketones is 1. The number of rotatable bonds is 15. The standard InChI is InChI=1S/C22H40O3/c1-3-5-6-7-8-9-10-11-12-14-19(4-2)15-13-16-20-21(23)17-18-25-22(20)24/h19-20H,3-18H2,1-2H3. The summed E-state index contributed by atoms with van der Waals surface area (Å²) in [7, 11) is 0. The third-order valence-electron chi connectivity index (χ3n) is 5.66. The zero-order chi connectivity index (χ0) is 18.3. The quantitative estimate of drug-likeness (QED) is 0.199. The van der Waals surface area contributed by atoms with Gasteiger partial charge in [0.1, 0.15) is 11.7 Å². The first kappa shape index (κ1) is 22.2. The molecule has 25 heavy (non-hydrogen) atoms. The van der Waals surface area contributed by atoms with Crippen LogP contribution in [0.1, 0.15) is 110 Å². The highest BCUT2D eigenvalue weighted by atomic mass is 16.5. The normalized spacial score (nSPS) is 19.0. The summed E-state index contributed by atoms with van der Waals surface area (Å²) in [5, 5.41) is 0. The van der Waals surface area contributed by atoms with Crippen LogP contribution in [0.15, 0.2) is 0 Å². The number of cyclic esters (lactones) is 1. The molecular weight excluding hydrogens is 312 g/mol. The van der Waals surface area contributed by atoms with Crippen molar-refractivity contribution in [3.8, 4) is 0 Å². The Kier molecular flexibility index (Phi) is 12.7. The predicted octanol–water partition coefficient (Wildman–Crippen LogP) is 6.24. The summed E-state index contributed by atoms with van der Waals surface area (Å²) in [5.41, 5.74) is 0. The lowest BCUT2D eigenvalue weighted by Gasteiger charge is -2.21. The topological polar surface area (TPSA) is 43.4 Å². The van der Waals surface area contributed by atoms with Crippen molar-refractivity contribution in [3.05, 3.63) is 0 Å². The van der Waals surface area contributed by atoms with E-state index in [1.807, 2.05) is 0 Å². The molecule has 0 spiro atoms. The number of ether oxygens (including phenoxy) is 1. The van der Waals surface area contributed by atoms with Gasteiger partial charge in [0, 0.05) is 6.42 Å². The van der Waals surface area contributed by atoms with Gasteiger partial charge in [0.2, 0.25) is 0 Å². The fourth-order valence-electron chi connectivity index (χ4n) is 3.84. The first-order valence-corrected chi connectivity index (χ1v) is 10.9. The summed E-state index contributed by atoms with van der Waals surface area (Å²) in [6.45, 7) is 4.81. The van der Waals surface area contributed by atoms with Crippen molar-refractivity contribution in [2.24, 2.45) is 11.8 Å². The average Bonchev–Trinajstić information content (AvgIpc) is 2.61. The molecule has 0 aromatic heterocycles. The van der Waals surface area contributed by atoms with Crippen LogP contribution in [0.2, 0.25) is 0 Å². The molecule has 0 bridgehead atoms. The van der Waals surface area contributed by atoms with E-state index in [-0.39, 0.29) is 18.4 Å². The fraction of sp³-hybridized carbons (Fsp3) is 0.909. The number of esters is 1. The van der Waals surface area contributed by atoms with E-state index >= 15 is 0 Å². The van der Waals surface area contributed by atoms with Crippen LogP contribution in [0.5, 0.6) is 0 Å². The molecule has 0 saturated carbocycles. The summed E-state index contributed by atoms with van der Waals surface area (Å²) in [4.78, 5) is 23.5. The molecule has 0 radical (unpaired) electrons. The molecule has 0 N–H and O–H groups in total. The van der Waals surface area contributed by atoms with Gasteiger partial charge in [-0.25, -0.2) is 0 Å². The van der Waals surface area contributed by atoms with Crippen molar-refractivity contribution < 1.29 is 14.3 Å². The highest BCUT2D eigenvalue weighted by molar-refractivity contribution is 6.00. The minimum Gasteiger partial charge on any atom is -0.465 e. The second kappa shape index (κ2) is 14.3. The Morgan fingerprint density at radius 3 is 2.08 bits per heavy atom. The van der Waals surface area contributed by atoms with Gasteiger partial charge in [0.15, 0.2) is 0 Å². The summed E-state index contributed by atoms with van der Waals surface area (Å²) in [6, 6.07) is 0. The summed E-state index contributed by atoms with van der Waals surface area (Å²) >= 11 is 0. The summed E-state index contributed by atoms with van der Waals surface area (Å²) in [6.07, 6.45) is 18.1. The number of hydrogen-bond acceptors (Lipinski definition) is 3. The van der Waals surface area contributed by atoms with E-state index in [1.54, 1.807) is 0 Å². The van der Waals surface area contributed by atoms with Gasteiger partial charge in [0.25, 0.3) is 0 Å². The maximum atomic E-state index is 11.8. The zero-order valence-electron chi connectivity index (χ0n) is 16.7. The lowest BCUT2D eigenvalue weighted by Crippen LogP contribution is -2.32. The first-order chi connectivity index (χ1) is 12.2. The number of hydrogen-bond donors (Lipinski definition) is 0. The second-order valence-electron chi connectivity index (χ2n) is 7.76. The Labute approximate surface area is 155 Å². The molecular formula is C22H40O3. The number of carbonyl (C=O) groups is 2. The first-order valence-electron chi connectivity index (χ1n) is 10.9. The molecule has 1 heterocycles. The lowest BCUT2D eigenvalue weighted by molar-refractivity contribution is -0.158. The van der Waals surface area contributed by atoms with Gasteiger partial charge < -0.3 is 4.74 Å². The third kappa shape index (κ3) is 10.0. The maximum absolute atomic E-state index is 11.8. The van der Waals surface area contributed by atoms with Gasteiger partial charge >= 0.3 is 5.97 Å². The minimum absolute atomic E-state index is 0.0863. The van der Waals surface area contributed by atoms with E-state index in [4.69, 9.17) is 4.74 Å². The Hall–Kier alpha value is -0.860. The molecule has 2 unspecified atom stereocenters. The average molecular weight is 353 g/mol. The van der Waals surface area contributed by atoms with Crippen molar-refractivity contribution in [2.75, 3.05) is 6.61 Å². The van der Waals surface area contributed by atoms with Crippen LogP contribution in [0, 0.1) is 11.8 Å². The zero-order valence-corrected chi connectivity index (χ0v) is 16.7. The van der Waals surface area contributed by atoms with Crippen LogP contribution in [-0.4, -0.2) is 18.4 Å². The van der Waals surface area contributed by atoms with Gasteiger partial charge in [-0.2, -0.15) is 0 Å². The van der Waals surface area contributed by atoms with Gasteiger partial charge in [-0.15, -0.1) is 0 Å². The van der Waals surface area contributed by atoms with E-state index in [1.165, 1.54) is 70.6 Å². The molecule has 0 aromatic carbocycles. The molecule has 1 saturated heterocycles. The molecule has 2 atom stereocenters. The van der Waals surface area contributed by atoms with Crippen LogP contribution >= 0.6 is 0 Å². The van der Waals surface area contributed by atoms with Crippen LogP contribution < -0.4 is 0 Å². The molecule has 0 aromatic rings. The van der Waals surface area contributed by atoms with Gasteiger partial charge in [-0.3, -0.25) is 9.59 Å². The van der Waals surface area contributed by atoms with Crippen molar-refractivity contribution in [1.82, 2.24) is 0 Å². The highest BCUT2D eigenvalue weighted by Gasteiger charge is 2.31. The monoisotopic (exact) mass is 352 g/mol. The number of unbranched alkanes of at least 4 members (excludes halogenated alkanes) is 8. The Morgan fingerprint density at radius 1 is 0.880 bits per heavy atom. The van der Waals surface area contributed by atoms with Crippen LogP contribution in [-0.2, 0) is 14.3 Å². The molecule has 1 rings (SSSR count). The third-order valence-corrected chi connectivity index (χ3v) is 5.66. The van der Waals surface area contributed by atoms with E-state index in [9.17, 15) is 9.59 Å². The SMILES string of the molecule is CCCCCCCCCCCC(CC)CCCC1C(=O)CCOC1=O. The van der Waals surface area contributed by atoms with E-state index in [0.29, 0.717) is 12.8 Å². The van der Waals surface area contributed by atoms with Gasteiger partial charge in [-0.05, 0) is 12.3 Å². The largest absolute Gasteiger partial charge is 0.465 e. The maximum Gasteiger partial charge on any atom is 0.316 e. The predicted molar refractivity (Wildman–Crippen MR) is 104 cm³/mol. The molecule has 1 fully saturated rings. The molecule has 3 heteroatoms. The van der Waals surface area contributed by atoms with Gasteiger partial charge in [0.05, 0.1) is 6.61 Å². The lowest BCUT2D eigenvalue weighted by atomic mass is 9.88. The summed E-state index contributed by atoms with van der Waals surface area (Å²) in [5.74, 6) is 0.0738.